The standard InChI is InChI=1S/C27H40O7/c1-18(2)34-27(30)6-4-5-19-7-13-24-23(25(29)15-26(24)33-16-19)14-8-20(28)17-32-22-11-9-21(31-3)10-12-22/h8-12,14,18-20,23-26,28-29H,4-7,13,15-17H2,1-3H3/t19-,20+,23+,24+,25+,26-/m0/s1. The number of hydrogen-bond donors (Lipinski definition) is 2. The first-order chi connectivity index (χ1) is 16.4. The molecule has 1 aliphatic carbocycles. The largest absolute Gasteiger partial charge is 0.497 e. The summed E-state index contributed by atoms with van der Waals surface area (Å²) in [6.45, 7) is 4.53. The summed E-state index contributed by atoms with van der Waals surface area (Å²) in [5.74, 6) is 1.89. The minimum atomic E-state index is -0.765. The van der Waals surface area contributed by atoms with Gasteiger partial charge in [-0.15, -0.1) is 0 Å². The second-order valence-corrected chi connectivity index (χ2v) is 9.73. The van der Waals surface area contributed by atoms with Crippen LogP contribution in [-0.2, 0) is 14.3 Å². The summed E-state index contributed by atoms with van der Waals surface area (Å²) >= 11 is 0. The lowest BCUT2D eigenvalue weighted by molar-refractivity contribution is -0.147. The lowest BCUT2D eigenvalue weighted by Gasteiger charge is -2.21. The van der Waals surface area contributed by atoms with Crippen molar-refractivity contribution >= 4 is 5.97 Å². The van der Waals surface area contributed by atoms with Crippen molar-refractivity contribution in [3.63, 3.8) is 0 Å². The zero-order chi connectivity index (χ0) is 24.5. The van der Waals surface area contributed by atoms with Gasteiger partial charge in [0.25, 0.3) is 0 Å². The monoisotopic (exact) mass is 476 g/mol. The van der Waals surface area contributed by atoms with Crippen molar-refractivity contribution in [1.29, 1.82) is 0 Å². The van der Waals surface area contributed by atoms with Crippen molar-refractivity contribution in [2.24, 2.45) is 17.8 Å². The average molecular weight is 477 g/mol. The third-order valence-corrected chi connectivity index (χ3v) is 6.74. The molecule has 1 aromatic carbocycles. The number of benzene rings is 1. The molecule has 2 N–H and O–H groups in total. The van der Waals surface area contributed by atoms with Crippen molar-refractivity contribution in [1.82, 2.24) is 0 Å². The van der Waals surface area contributed by atoms with Gasteiger partial charge in [0.05, 0.1) is 25.4 Å². The van der Waals surface area contributed by atoms with Crippen molar-refractivity contribution in [3.8, 4) is 11.5 Å². The molecule has 0 amide bonds. The third kappa shape index (κ3) is 8.00. The summed E-state index contributed by atoms with van der Waals surface area (Å²) in [6, 6.07) is 7.21. The highest BCUT2D eigenvalue weighted by atomic mass is 16.5. The maximum atomic E-state index is 11.8. The van der Waals surface area contributed by atoms with E-state index in [4.69, 9.17) is 18.9 Å². The van der Waals surface area contributed by atoms with Gasteiger partial charge in [0, 0.05) is 25.4 Å². The van der Waals surface area contributed by atoms with Crippen LogP contribution in [0.25, 0.3) is 0 Å². The Bertz CT molecular complexity index is 776. The summed E-state index contributed by atoms with van der Waals surface area (Å²) in [5.41, 5.74) is 0. The number of carbonyl (C=O) groups is 1. The summed E-state index contributed by atoms with van der Waals surface area (Å²) < 4.78 is 22.2. The second-order valence-electron chi connectivity index (χ2n) is 9.73. The normalized spacial score (nSPS) is 27.9. The molecule has 0 bridgehead atoms. The lowest BCUT2D eigenvalue weighted by atomic mass is 9.86. The topological polar surface area (TPSA) is 94.5 Å². The minimum absolute atomic E-state index is 0.0354. The predicted molar refractivity (Wildman–Crippen MR) is 129 cm³/mol. The van der Waals surface area contributed by atoms with E-state index in [2.05, 4.69) is 0 Å². The minimum Gasteiger partial charge on any atom is -0.497 e. The molecule has 2 aliphatic rings. The van der Waals surface area contributed by atoms with Gasteiger partial charge in [0.2, 0.25) is 0 Å². The van der Waals surface area contributed by atoms with Crippen LogP contribution in [0.15, 0.2) is 36.4 Å². The van der Waals surface area contributed by atoms with Crippen molar-refractivity contribution in [2.75, 3.05) is 20.3 Å². The molecule has 2 fully saturated rings. The van der Waals surface area contributed by atoms with Crippen LogP contribution < -0.4 is 9.47 Å². The zero-order valence-corrected chi connectivity index (χ0v) is 20.6. The maximum Gasteiger partial charge on any atom is 0.306 e. The van der Waals surface area contributed by atoms with Crippen LogP contribution >= 0.6 is 0 Å². The van der Waals surface area contributed by atoms with Crippen LogP contribution in [0.4, 0.5) is 0 Å². The number of fused-ring (bicyclic) bond motifs is 1. The molecule has 0 aromatic heterocycles. The quantitative estimate of drug-likeness (QED) is 0.369. The third-order valence-electron chi connectivity index (χ3n) is 6.74. The van der Waals surface area contributed by atoms with E-state index in [0.717, 1.165) is 31.4 Å². The van der Waals surface area contributed by atoms with Gasteiger partial charge in [-0.1, -0.05) is 12.2 Å². The van der Waals surface area contributed by atoms with Crippen LogP contribution in [0.5, 0.6) is 11.5 Å². The number of hydrogen-bond acceptors (Lipinski definition) is 7. The first-order valence-corrected chi connectivity index (χ1v) is 12.5. The van der Waals surface area contributed by atoms with Gasteiger partial charge in [-0.3, -0.25) is 4.79 Å². The van der Waals surface area contributed by atoms with E-state index in [1.54, 1.807) is 25.3 Å². The van der Waals surface area contributed by atoms with Crippen LogP contribution in [0.2, 0.25) is 0 Å². The number of esters is 1. The first kappa shape index (κ1) is 26.5. The summed E-state index contributed by atoms with van der Waals surface area (Å²) in [7, 11) is 1.61. The molecule has 0 unspecified atom stereocenters. The van der Waals surface area contributed by atoms with E-state index >= 15 is 0 Å². The molecule has 6 atom stereocenters. The van der Waals surface area contributed by atoms with E-state index in [9.17, 15) is 15.0 Å². The molecule has 7 heteroatoms. The molecule has 0 spiro atoms. The Morgan fingerprint density at radius 1 is 1.21 bits per heavy atom. The SMILES string of the molecule is COc1ccc(OC[C@H](O)C=C[C@@H]2[C@H]3CC[C@H](CCCC(=O)OC(C)C)CO[C@H]3C[C@H]2O)cc1. The molecule has 1 aromatic rings. The Morgan fingerprint density at radius 2 is 1.94 bits per heavy atom. The highest BCUT2D eigenvalue weighted by Gasteiger charge is 2.43. The molecule has 1 saturated heterocycles. The molecule has 0 radical (unpaired) electrons. The van der Waals surface area contributed by atoms with Crippen molar-refractivity contribution in [2.45, 2.75) is 76.8 Å². The Kier molecular flexibility index (Phi) is 10.2. The van der Waals surface area contributed by atoms with Gasteiger partial charge < -0.3 is 29.2 Å². The van der Waals surface area contributed by atoms with Gasteiger partial charge in [-0.05, 0) is 75.6 Å². The van der Waals surface area contributed by atoms with E-state index < -0.39 is 12.2 Å². The number of methoxy groups -OCH3 is 1. The summed E-state index contributed by atoms with van der Waals surface area (Å²) in [6.07, 6.45) is 7.18. The average Bonchev–Trinajstić information content (AvgIpc) is 2.97. The predicted octanol–water partition coefficient (Wildman–Crippen LogP) is 3.91. The molecule has 34 heavy (non-hydrogen) atoms. The van der Waals surface area contributed by atoms with Gasteiger partial charge >= 0.3 is 5.97 Å². The van der Waals surface area contributed by atoms with E-state index in [1.807, 2.05) is 32.1 Å². The number of aliphatic hydroxyl groups is 2. The lowest BCUT2D eigenvalue weighted by Crippen LogP contribution is -2.22. The first-order valence-electron chi connectivity index (χ1n) is 12.5. The molecular weight excluding hydrogens is 436 g/mol. The highest BCUT2D eigenvalue weighted by Crippen LogP contribution is 2.42. The smallest absolute Gasteiger partial charge is 0.306 e. The molecule has 1 aliphatic heterocycles. The fraction of sp³-hybridized carbons (Fsp3) is 0.667. The highest BCUT2D eigenvalue weighted by molar-refractivity contribution is 5.69. The molecular formula is C27H40O7. The van der Waals surface area contributed by atoms with Crippen LogP contribution in [0, 0.1) is 17.8 Å². The molecule has 1 saturated carbocycles. The molecule has 190 valence electrons. The van der Waals surface area contributed by atoms with Crippen LogP contribution in [0.1, 0.15) is 52.4 Å². The van der Waals surface area contributed by atoms with Gasteiger partial charge in [0.1, 0.15) is 24.2 Å². The Morgan fingerprint density at radius 3 is 2.65 bits per heavy atom. The Balaban J connectivity index is 1.44. The fourth-order valence-corrected chi connectivity index (χ4v) is 4.97. The van der Waals surface area contributed by atoms with Crippen molar-refractivity contribution in [3.05, 3.63) is 36.4 Å². The zero-order valence-electron chi connectivity index (χ0n) is 20.6. The Hall–Kier alpha value is -2.09. The van der Waals surface area contributed by atoms with E-state index in [0.29, 0.717) is 31.1 Å². The number of carbonyl (C=O) groups excluding carboxylic acids is 1. The number of rotatable bonds is 11. The fourth-order valence-electron chi connectivity index (χ4n) is 4.97. The maximum absolute atomic E-state index is 11.8. The van der Waals surface area contributed by atoms with Crippen LogP contribution in [0.3, 0.4) is 0 Å². The summed E-state index contributed by atoms with van der Waals surface area (Å²) in [5, 5.41) is 21.0. The van der Waals surface area contributed by atoms with E-state index in [-0.39, 0.29) is 36.6 Å². The van der Waals surface area contributed by atoms with Crippen LogP contribution in [-0.4, -0.2) is 60.9 Å². The number of aliphatic hydroxyl groups excluding tert-OH is 2. The molecule has 1 heterocycles. The molecule has 3 rings (SSSR count). The van der Waals surface area contributed by atoms with E-state index in [1.165, 1.54) is 0 Å². The van der Waals surface area contributed by atoms with Gasteiger partial charge in [-0.2, -0.15) is 0 Å². The van der Waals surface area contributed by atoms with Gasteiger partial charge in [0.15, 0.2) is 0 Å². The van der Waals surface area contributed by atoms with Gasteiger partial charge in [-0.25, -0.2) is 0 Å². The molecule has 7 nitrogen and oxygen atoms in total. The second kappa shape index (κ2) is 13.1. The number of ether oxygens (including phenoxy) is 4. The van der Waals surface area contributed by atoms with Crippen molar-refractivity contribution < 1.29 is 34.0 Å². The Labute approximate surface area is 203 Å². The summed E-state index contributed by atoms with van der Waals surface area (Å²) in [4.78, 5) is 11.8.